The summed E-state index contributed by atoms with van der Waals surface area (Å²) in [6.07, 6.45) is 0.734. The van der Waals surface area contributed by atoms with Crippen LogP contribution in [-0.2, 0) is 0 Å². The first-order chi connectivity index (χ1) is 5.98. The van der Waals surface area contributed by atoms with E-state index in [2.05, 4.69) is 5.32 Å². The lowest BCUT2D eigenvalue weighted by Gasteiger charge is -2.27. The number of nitrogens with zero attached hydrogens (tertiary/aromatic N) is 1. The van der Waals surface area contributed by atoms with Gasteiger partial charge in [0.25, 0.3) is 0 Å². The van der Waals surface area contributed by atoms with Crippen LogP contribution in [0.2, 0.25) is 0 Å². The number of aliphatic hydroxyl groups excluding tert-OH is 1. The largest absolute Gasteiger partial charge is 0.396 e. The van der Waals surface area contributed by atoms with Crippen molar-refractivity contribution >= 4 is 0 Å². The van der Waals surface area contributed by atoms with E-state index in [1.807, 2.05) is 19.0 Å². The Bertz CT molecular complexity index is 127. The Hall–Kier alpha value is -0.160. The van der Waals surface area contributed by atoms with Crippen LogP contribution in [0.5, 0.6) is 0 Å². The molecule has 0 heterocycles. The molecule has 0 aliphatic heterocycles. The fraction of sp³-hybridized carbons (Fsp3) is 1.00. The molecule has 0 aromatic heterocycles. The Morgan fingerprint density at radius 3 is 2.46 bits per heavy atom. The van der Waals surface area contributed by atoms with Gasteiger partial charge in [0, 0.05) is 19.7 Å². The van der Waals surface area contributed by atoms with Crippen molar-refractivity contribution in [1.82, 2.24) is 10.2 Å². The normalized spacial score (nSPS) is 16.2. The molecular formula is C9H22N2O2. The van der Waals surface area contributed by atoms with Gasteiger partial charge in [-0.15, -0.1) is 0 Å². The molecule has 0 aromatic rings. The third-order valence-electron chi connectivity index (χ3n) is 1.67. The summed E-state index contributed by atoms with van der Waals surface area (Å²) < 4.78 is 0. The molecule has 80 valence electrons. The van der Waals surface area contributed by atoms with Crippen LogP contribution in [0.4, 0.5) is 0 Å². The molecule has 13 heavy (non-hydrogen) atoms. The van der Waals surface area contributed by atoms with E-state index >= 15 is 0 Å². The second-order valence-electron chi connectivity index (χ2n) is 3.99. The molecule has 0 saturated carbocycles. The van der Waals surface area contributed by atoms with E-state index in [9.17, 15) is 5.11 Å². The van der Waals surface area contributed by atoms with Gasteiger partial charge in [-0.05, 0) is 34.0 Å². The lowest BCUT2D eigenvalue weighted by Crippen LogP contribution is -2.45. The van der Waals surface area contributed by atoms with E-state index in [1.54, 1.807) is 6.92 Å². The minimum Gasteiger partial charge on any atom is -0.396 e. The molecule has 4 heteroatoms. The van der Waals surface area contributed by atoms with Crippen LogP contribution < -0.4 is 5.32 Å². The van der Waals surface area contributed by atoms with Gasteiger partial charge in [-0.3, -0.25) is 0 Å². The zero-order valence-corrected chi connectivity index (χ0v) is 8.88. The van der Waals surface area contributed by atoms with Crippen molar-refractivity contribution in [1.29, 1.82) is 0 Å². The van der Waals surface area contributed by atoms with Gasteiger partial charge in [-0.1, -0.05) is 0 Å². The Morgan fingerprint density at radius 2 is 2.00 bits per heavy atom. The van der Waals surface area contributed by atoms with Crippen molar-refractivity contribution in [3.05, 3.63) is 0 Å². The van der Waals surface area contributed by atoms with Crippen molar-refractivity contribution in [2.75, 3.05) is 40.3 Å². The SMILES string of the molecule is CN(C)CC(C)(O)CNCCCO. The number of likely N-dealkylation sites (N-methyl/N-ethyl adjacent to an activating group) is 1. The lowest BCUT2D eigenvalue weighted by molar-refractivity contribution is 0.0337. The second kappa shape index (κ2) is 6.32. The van der Waals surface area contributed by atoms with Crippen LogP contribution in [0.3, 0.4) is 0 Å². The molecule has 0 amide bonds. The van der Waals surface area contributed by atoms with Gasteiger partial charge < -0.3 is 20.4 Å². The molecule has 3 N–H and O–H groups in total. The highest BCUT2D eigenvalue weighted by molar-refractivity contribution is 4.77. The molecule has 1 unspecified atom stereocenters. The molecule has 0 rings (SSSR count). The summed E-state index contributed by atoms with van der Waals surface area (Å²) in [6.45, 7) is 3.95. The maximum absolute atomic E-state index is 9.82. The van der Waals surface area contributed by atoms with E-state index in [1.165, 1.54) is 0 Å². The first kappa shape index (κ1) is 12.8. The highest BCUT2D eigenvalue weighted by atomic mass is 16.3. The van der Waals surface area contributed by atoms with Crippen molar-refractivity contribution < 1.29 is 10.2 Å². The maximum Gasteiger partial charge on any atom is 0.0869 e. The van der Waals surface area contributed by atoms with Crippen molar-refractivity contribution in [2.45, 2.75) is 18.9 Å². The first-order valence-electron chi connectivity index (χ1n) is 4.66. The molecular weight excluding hydrogens is 168 g/mol. The summed E-state index contributed by atoms with van der Waals surface area (Å²) in [4.78, 5) is 1.95. The Balaban J connectivity index is 3.50. The van der Waals surface area contributed by atoms with Crippen LogP contribution in [0, 0.1) is 0 Å². The van der Waals surface area contributed by atoms with Gasteiger partial charge in [-0.2, -0.15) is 0 Å². The molecule has 0 aromatic carbocycles. The molecule has 0 fully saturated rings. The summed E-state index contributed by atoms with van der Waals surface area (Å²) in [5, 5.41) is 21.4. The van der Waals surface area contributed by atoms with Gasteiger partial charge in [-0.25, -0.2) is 0 Å². The summed E-state index contributed by atoms with van der Waals surface area (Å²) >= 11 is 0. The summed E-state index contributed by atoms with van der Waals surface area (Å²) in [5.74, 6) is 0. The summed E-state index contributed by atoms with van der Waals surface area (Å²) in [7, 11) is 3.87. The summed E-state index contributed by atoms with van der Waals surface area (Å²) in [6, 6.07) is 0. The van der Waals surface area contributed by atoms with Gasteiger partial charge >= 0.3 is 0 Å². The minimum atomic E-state index is -0.695. The Labute approximate surface area is 80.6 Å². The predicted molar refractivity (Wildman–Crippen MR) is 53.8 cm³/mol. The molecule has 0 saturated heterocycles. The quantitative estimate of drug-likeness (QED) is 0.463. The van der Waals surface area contributed by atoms with Crippen molar-refractivity contribution in [3.63, 3.8) is 0 Å². The third kappa shape index (κ3) is 8.18. The van der Waals surface area contributed by atoms with Crippen LogP contribution in [0.25, 0.3) is 0 Å². The number of hydrogen-bond donors (Lipinski definition) is 3. The van der Waals surface area contributed by atoms with Crippen LogP contribution in [-0.4, -0.2) is 61.1 Å². The fourth-order valence-corrected chi connectivity index (χ4v) is 1.30. The Morgan fingerprint density at radius 1 is 1.38 bits per heavy atom. The lowest BCUT2D eigenvalue weighted by atomic mass is 10.1. The van der Waals surface area contributed by atoms with E-state index in [0.717, 1.165) is 13.0 Å². The molecule has 0 aliphatic rings. The molecule has 0 aliphatic carbocycles. The van der Waals surface area contributed by atoms with Crippen molar-refractivity contribution in [3.8, 4) is 0 Å². The van der Waals surface area contributed by atoms with Gasteiger partial charge in [0.15, 0.2) is 0 Å². The number of nitrogens with one attached hydrogen (secondary N) is 1. The van der Waals surface area contributed by atoms with E-state index in [-0.39, 0.29) is 6.61 Å². The maximum atomic E-state index is 9.82. The highest BCUT2D eigenvalue weighted by Gasteiger charge is 2.20. The average Bonchev–Trinajstić information content (AvgIpc) is 1.95. The Kier molecular flexibility index (Phi) is 6.24. The standard InChI is InChI=1S/C9H22N2O2/c1-9(13,8-11(2)3)7-10-5-4-6-12/h10,12-13H,4-8H2,1-3H3. The minimum absolute atomic E-state index is 0.197. The zero-order valence-electron chi connectivity index (χ0n) is 8.88. The molecule has 0 radical (unpaired) electrons. The van der Waals surface area contributed by atoms with Gasteiger partial charge in [0.2, 0.25) is 0 Å². The van der Waals surface area contributed by atoms with Crippen molar-refractivity contribution in [2.24, 2.45) is 0 Å². The number of rotatable bonds is 7. The second-order valence-corrected chi connectivity index (χ2v) is 3.99. The van der Waals surface area contributed by atoms with Gasteiger partial charge in [0.1, 0.15) is 0 Å². The number of aliphatic hydroxyl groups is 2. The monoisotopic (exact) mass is 190 g/mol. The average molecular weight is 190 g/mol. The van der Waals surface area contributed by atoms with E-state index in [4.69, 9.17) is 5.11 Å². The first-order valence-corrected chi connectivity index (χ1v) is 4.66. The van der Waals surface area contributed by atoms with Crippen LogP contribution >= 0.6 is 0 Å². The number of hydrogen-bond acceptors (Lipinski definition) is 4. The third-order valence-corrected chi connectivity index (χ3v) is 1.67. The molecule has 0 spiro atoms. The smallest absolute Gasteiger partial charge is 0.0869 e. The molecule has 0 bridgehead atoms. The predicted octanol–water partition coefficient (Wildman–Crippen LogP) is -0.729. The highest BCUT2D eigenvalue weighted by Crippen LogP contribution is 2.01. The van der Waals surface area contributed by atoms with E-state index in [0.29, 0.717) is 13.1 Å². The molecule has 4 nitrogen and oxygen atoms in total. The fourth-order valence-electron chi connectivity index (χ4n) is 1.30. The summed E-state index contributed by atoms with van der Waals surface area (Å²) in [5.41, 5.74) is -0.695. The van der Waals surface area contributed by atoms with Gasteiger partial charge in [0.05, 0.1) is 5.60 Å². The van der Waals surface area contributed by atoms with E-state index < -0.39 is 5.60 Å². The zero-order chi connectivity index (χ0) is 10.3. The topological polar surface area (TPSA) is 55.7 Å². The van der Waals surface area contributed by atoms with Crippen LogP contribution in [0.1, 0.15) is 13.3 Å². The molecule has 1 atom stereocenters. The van der Waals surface area contributed by atoms with Crippen LogP contribution in [0.15, 0.2) is 0 Å².